The third-order valence-electron chi connectivity index (χ3n) is 9.75. The van der Waals surface area contributed by atoms with Gasteiger partial charge in [0, 0.05) is 27.5 Å². The zero-order valence-electron chi connectivity index (χ0n) is 27.5. The standard InChI is InChI=1S/C47H29N3O/c1-2-11-33(12-3-1)45-48-46(34-23-20-30(21-24-34)35-26-27-40-39-16-6-7-19-43(39)51-44(40)29-35)50-47(49-45)41-18-9-14-32-22-25-36(28-42(32)41)38-17-8-13-31-10-4-5-15-37(31)38/h1-29H. The van der Waals surface area contributed by atoms with E-state index in [-0.39, 0.29) is 0 Å². The largest absolute Gasteiger partial charge is 0.456 e. The molecule has 0 aliphatic rings. The molecule has 4 nitrogen and oxygen atoms in total. The summed E-state index contributed by atoms with van der Waals surface area (Å²) in [7, 11) is 0. The van der Waals surface area contributed by atoms with Gasteiger partial charge in [-0.25, -0.2) is 15.0 Å². The Morgan fingerprint density at radius 1 is 0.294 bits per heavy atom. The second-order valence-corrected chi connectivity index (χ2v) is 12.8. The van der Waals surface area contributed by atoms with Crippen molar-refractivity contribution >= 4 is 43.5 Å². The number of hydrogen-bond donors (Lipinski definition) is 0. The highest BCUT2D eigenvalue weighted by atomic mass is 16.3. The Morgan fingerprint density at radius 3 is 1.69 bits per heavy atom. The maximum Gasteiger partial charge on any atom is 0.164 e. The van der Waals surface area contributed by atoms with Crippen LogP contribution in [0.5, 0.6) is 0 Å². The average Bonchev–Trinajstić information content (AvgIpc) is 3.58. The minimum atomic E-state index is 0.625. The van der Waals surface area contributed by atoms with Gasteiger partial charge in [0.15, 0.2) is 17.5 Å². The summed E-state index contributed by atoms with van der Waals surface area (Å²) in [5.74, 6) is 1.90. The number of nitrogens with zero attached hydrogens (tertiary/aromatic N) is 3. The fourth-order valence-electron chi connectivity index (χ4n) is 7.17. The molecule has 0 bridgehead atoms. The second-order valence-electron chi connectivity index (χ2n) is 12.8. The van der Waals surface area contributed by atoms with Gasteiger partial charge < -0.3 is 4.42 Å². The van der Waals surface area contributed by atoms with Gasteiger partial charge in [0.1, 0.15) is 11.2 Å². The van der Waals surface area contributed by atoms with Crippen molar-refractivity contribution in [1.29, 1.82) is 0 Å². The van der Waals surface area contributed by atoms with Crippen LogP contribution >= 0.6 is 0 Å². The van der Waals surface area contributed by atoms with Crippen LogP contribution in [0.25, 0.3) is 99.9 Å². The van der Waals surface area contributed by atoms with Crippen molar-refractivity contribution in [2.45, 2.75) is 0 Å². The normalized spacial score (nSPS) is 11.5. The van der Waals surface area contributed by atoms with Gasteiger partial charge in [0.2, 0.25) is 0 Å². The van der Waals surface area contributed by atoms with Crippen molar-refractivity contribution in [3.8, 4) is 56.4 Å². The van der Waals surface area contributed by atoms with E-state index in [0.717, 1.165) is 66.1 Å². The molecular formula is C47H29N3O. The van der Waals surface area contributed by atoms with Crippen LogP contribution < -0.4 is 0 Å². The Morgan fingerprint density at radius 2 is 0.863 bits per heavy atom. The van der Waals surface area contributed by atoms with Crippen molar-refractivity contribution in [3.05, 3.63) is 176 Å². The van der Waals surface area contributed by atoms with E-state index >= 15 is 0 Å². The van der Waals surface area contributed by atoms with E-state index in [1.54, 1.807) is 0 Å². The van der Waals surface area contributed by atoms with Crippen LogP contribution in [0.15, 0.2) is 180 Å². The number of rotatable bonds is 5. The molecule has 10 rings (SSSR count). The molecule has 10 aromatic rings. The Balaban J connectivity index is 1.09. The van der Waals surface area contributed by atoms with Crippen molar-refractivity contribution < 1.29 is 4.42 Å². The SMILES string of the molecule is c1ccc(-c2nc(-c3ccc(-c4ccc5c(c4)oc4ccccc45)cc3)nc(-c3cccc4ccc(-c5cccc6ccccc56)cc34)n2)cc1. The summed E-state index contributed by atoms with van der Waals surface area (Å²) < 4.78 is 6.17. The average molecular weight is 652 g/mol. The first kappa shape index (κ1) is 29.0. The Bertz CT molecular complexity index is 2900. The first-order chi connectivity index (χ1) is 25.2. The van der Waals surface area contributed by atoms with Crippen LogP contribution in [-0.4, -0.2) is 15.0 Å². The summed E-state index contributed by atoms with van der Waals surface area (Å²) in [4.78, 5) is 15.2. The molecule has 0 amide bonds. The van der Waals surface area contributed by atoms with Crippen molar-refractivity contribution in [2.24, 2.45) is 0 Å². The van der Waals surface area contributed by atoms with Gasteiger partial charge >= 0.3 is 0 Å². The lowest BCUT2D eigenvalue weighted by Gasteiger charge is -2.12. The quantitative estimate of drug-likeness (QED) is 0.186. The van der Waals surface area contributed by atoms with Gasteiger partial charge in [0.05, 0.1) is 0 Å². The van der Waals surface area contributed by atoms with E-state index in [1.165, 1.54) is 16.3 Å². The Hall–Kier alpha value is -6.91. The van der Waals surface area contributed by atoms with Crippen LogP contribution in [0.4, 0.5) is 0 Å². The third-order valence-corrected chi connectivity index (χ3v) is 9.75. The molecule has 0 saturated carbocycles. The van der Waals surface area contributed by atoms with Crippen molar-refractivity contribution in [3.63, 3.8) is 0 Å². The maximum atomic E-state index is 6.17. The monoisotopic (exact) mass is 651 g/mol. The molecule has 2 heterocycles. The Kier molecular flexibility index (Phi) is 6.78. The van der Waals surface area contributed by atoms with Crippen LogP contribution in [0.1, 0.15) is 0 Å². The van der Waals surface area contributed by atoms with E-state index < -0.39 is 0 Å². The van der Waals surface area contributed by atoms with Crippen LogP contribution in [0, 0.1) is 0 Å². The molecule has 0 spiro atoms. The van der Waals surface area contributed by atoms with Crippen molar-refractivity contribution in [1.82, 2.24) is 15.0 Å². The number of fused-ring (bicyclic) bond motifs is 5. The molecule has 0 unspecified atom stereocenters. The lowest BCUT2D eigenvalue weighted by Crippen LogP contribution is -2.00. The Labute approximate surface area is 294 Å². The van der Waals surface area contributed by atoms with Gasteiger partial charge in [0.25, 0.3) is 0 Å². The summed E-state index contributed by atoms with van der Waals surface area (Å²) in [6.07, 6.45) is 0. The first-order valence-corrected chi connectivity index (χ1v) is 17.1. The fourth-order valence-corrected chi connectivity index (χ4v) is 7.17. The molecule has 238 valence electrons. The third kappa shape index (κ3) is 5.13. The van der Waals surface area contributed by atoms with Gasteiger partial charge in [-0.2, -0.15) is 0 Å². The summed E-state index contributed by atoms with van der Waals surface area (Å²) in [5, 5.41) is 6.92. The van der Waals surface area contributed by atoms with Gasteiger partial charge in [-0.1, -0.05) is 152 Å². The number of hydrogen-bond acceptors (Lipinski definition) is 4. The number of benzene rings is 8. The minimum absolute atomic E-state index is 0.625. The van der Waals surface area contributed by atoms with Gasteiger partial charge in [-0.05, 0) is 68.1 Å². The lowest BCUT2D eigenvalue weighted by molar-refractivity contribution is 0.669. The highest BCUT2D eigenvalue weighted by Crippen LogP contribution is 2.36. The highest BCUT2D eigenvalue weighted by molar-refractivity contribution is 6.06. The topological polar surface area (TPSA) is 51.8 Å². The van der Waals surface area contributed by atoms with Gasteiger partial charge in [-0.15, -0.1) is 0 Å². The van der Waals surface area contributed by atoms with Crippen LogP contribution in [-0.2, 0) is 0 Å². The number of aromatic nitrogens is 3. The van der Waals surface area contributed by atoms with E-state index in [9.17, 15) is 0 Å². The molecule has 0 aliphatic heterocycles. The summed E-state index contributed by atoms with van der Waals surface area (Å²) >= 11 is 0. The van der Waals surface area contributed by atoms with E-state index in [4.69, 9.17) is 19.4 Å². The first-order valence-electron chi connectivity index (χ1n) is 17.1. The minimum Gasteiger partial charge on any atom is -0.456 e. The molecule has 0 saturated heterocycles. The molecule has 0 aliphatic carbocycles. The van der Waals surface area contributed by atoms with Crippen molar-refractivity contribution in [2.75, 3.05) is 0 Å². The van der Waals surface area contributed by atoms with Crippen LogP contribution in [0.3, 0.4) is 0 Å². The zero-order chi connectivity index (χ0) is 33.7. The van der Waals surface area contributed by atoms with Gasteiger partial charge in [-0.3, -0.25) is 0 Å². The molecule has 0 atom stereocenters. The molecule has 4 heteroatoms. The van der Waals surface area contributed by atoms with E-state index in [2.05, 4.69) is 127 Å². The summed E-state index contributed by atoms with van der Waals surface area (Å²) in [6.45, 7) is 0. The maximum absolute atomic E-state index is 6.17. The predicted molar refractivity (Wildman–Crippen MR) is 209 cm³/mol. The van der Waals surface area contributed by atoms with Crippen LogP contribution in [0.2, 0.25) is 0 Å². The molecule has 0 fully saturated rings. The number of furan rings is 1. The molecule has 51 heavy (non-hydrogen) atoms. The number of para-hydroxylation sites is 1. The van der Waals surface area contributed by atoms with E-state index in [0.29, 0.717) is 17.5 Å². The second kappa shape index (κ2) is 11.9. The smallest absolute Gasteiger partial charge is 0.164 e. The molecule has 0 N–H and O–H groups in total. The molecule has 0 radical (unpaired) electrons. The van der Waals surface area contributed by atoms with E-state index in [1.807, 2.05) is 48.5 Å². The summed E-state index contributed by atoms with van der Waals surface area (Å²) in [5.41, 5.74) is 9.14. The fraction of sp³-hybridized carbons (Fsp3) is 0. The highest BCUT2D eigenvalue weighted by Gasteiger charge is 2.16. The molecule has 2 aromatic heterocycles. The zero-order valence-corrected chi connectivity index (χ0v) is 27.5. The molecular weight excluding hydrogens is 623 g/mol. The lowest BCUT2D eigenvalue weighted by atomic mass is 9.94. The molecule has 8 aromatic carbocycles. The predicted octanol–water partition coefficient (Wildman–Crippen LogP) is 12.4. The summed E-state index contributed by atoms with van der Waals surface area (Å²) in [6, 6.07) is 61.1.